The zero-order chi connectivity index (χ0) is 21.6. The molecule has 0 atom stereocenters. The van der Waals surface area contributed by atoms with Gasteiger partial charge in [-0.3, -0.25) is 4.99 Å². The Bertz CT molecular complexity index is 1200. The predicted octanol–water partition coefficient (Wildman–Crippen LogP) is 3.61. The summed E-state index contributed by atoms with van der Waals surface area (Å²) in [4.78, 5) is 12.8. The van der Waals surface area contributed by atoms with Gasteiger partial charge in [0.25, 0.3) is 6.43 Å². The highest BCUT2D eigenvalue weighted by atomic mass is 19.3. The number of aliphatic imine (C=N–C) groups is 2. The molecule has 0 saturated heterocycles. The Morgan fingerprint density at radius 2 is 2.00 bits per heavy atom. The Labute approximate surface area is 169 Å². The number of aromatic nitrogens is 1. The van der Waals surface area contributed by atoms with E-state index in [4.69, 9.17) is 0 Å². The first-order valence-electron chi connectivity index (χ1n) is 9.36. The summed E-state index contributed by atoms with van der Waals surface area (Å²) in [5.41, 5.74) is -0.733. The zero-order valence-electron chi connectivity index (χ0n) is 16.3. The monoisotopic (exact) mass is 419 g/mol. The highest BCUT2D eigenvalue weighted by Gasteiger charge is 2.33. The van der Waals surface area contributed by atoms with Gasteiger partial charge in [0.05, 0.1) is 35.4 Å². The van der Waals surface area contributed by atoms with Gasteiger partial charge in [-0.1, -0.05) is 18.2 Å². The van der Waals surface area contributed by atoms with Crippen LogP contribution in [-0.2, 0) is 5.54 Å². The van der Waals surface area contributed by atoms with E-state index in [0.717, 1.165) is 6.07 Å². The highest BCUT2D eigenvalue weighted by molar-refractivity contribution is 6.04. The van der Waals surface area contributed by atoms with Gasteiger partial charge in [-0.25, -0.2) is 27.5 Å². The molecule has 0 bridgehead atoms. The van der Waals surface area contributed by atoms with Crippen LogP contribution in [0.2, 0.25) is 0 Å². The summed E-state index contributed by atoms with van der Waals surface area (Å²) in [6.07, 6.45) is -0.653. The Kier molecular flexibility index (Phi) is 4.91. The van der Waals surface area contributed by atoms with E-state index in [1.165, 1.54) is 28.8 Å². The number of hydrogen-bond donors (Lipinski definition) is 1. The molecule has 1 aliphatic carbocycles. The average molecular weight is 419 g/mol. The maximum atomic E-state index is 14.7. The Morgan fingerprint density at radius 3 is 2.67 bits per heavy atom. The van der Waals surface area contributed by atoms with Crippen LogP contribution in [0.25, 0.3) is 0 Å². The van der Waals surface area contributed by atoms with Crippen LogP contribution in [0, 0.1) is 11.5 Å². The standard InChI is InChI=1S/C21H18F4N4O/c1-21(2,15-5-3-4-13(18(15)23)19(24)25)28-20-14-9-29(12-6-11(22)7-12)17(30)8-16(14)26-10-27-20/h3-5,8-11,19H,6-7H2,1-2H3/p+1. The van der Waals surface area contributed by atoms with E-state index in [0.29, 0.717) is 16.6 Å². The number of alkyl halides is 3. The first kappa shape index (κ1) is 20.2. The lowest BCUT2D eigenvalue weighted by molar-refractivity contribution is -0.543. The highest BCUT2D eigenvalue weighted by Crippen LogP contribution is 2.33. The first-order valence-corrected chi connectivity index (χ1v) is 9.36. The van der Waals surface area contributed by atoms with Crippen molar-refractivity contribution in [2.24, 2.45) is 15.0 Å². The summed E-state index contributed by atoms with van der Waals surface area (Å²) < 4.78 is 55.6. The molecule has 1 fully saturated rings. The van der Waals surface area contributed by atoms with Gasteiger partial charge in [0.15, 0.2) is 17.7 Å². The Morgan fingerprint density at radius 1 is 1.27 bits per heavy atom. The molecule has 1 aromatic heterocycles. The van der Waals surface area contributed by atoms with Crippen molar-refractivity contribution >= 4 is 12.2 Å². The molecular formula is C21H19F4N4O+. The van der Waals surface area contributed by atoms with Crippen LogP contribution in [0.15, 0.2) is 45.4 Å². The second-order valence-electron chi connectivity index (χ2n) is 7.75. The van der Waals surface area contributed by atoms with Gasteiger partial charge in [-0.2, -0.15) is 0 Å². The van der Waals surface area contributed by atoms with Gasteiger partial charge in [0.2, 0.25) is 0 Å². The second-order valence-corrected chi connectivity index (χ2v) is 7.75. The van der Waals surface area contributed by atoms with Crippen molar-refractivity contribution < 1.29 is 26.9 Å². The fourth-order valence-electron chi connectivity index (χ4n) is 3.53. The van der Waals surface area contributed by atoms with Gasteiger partial charge in [-0.05, 0) is 13.8 Å². The maximum Gasteiger partial charge on any atom is 0.372 e. The van der Waals surface area contributed by atoms with E-state index in [9.17, 15) is 22.7 Å². The summed E-state index contributed by atoms with van der Waals surface area (Å²) in [5.74, 6) is -0.896. The van der Waals surface area contributed by atoms with Crippen LogP contribution >= 0.6 is 0 Å². The Hall–Kier alpha value is -3.10. The van der Waals surface area contributed by atoms with E-state index in [1.807, 2.05) is 0 Å². The second kappa shape index (κ2) is 7.30. The summed E-state index contributed by atoms with van der Waals surface area (Å²) >= 11 is 0. The van der Waals surface area contributed by atoms with Crippen LogP contribution in [0.4, 0.5) is 17.6 Å². The smallest absolute Gasteiger partial charge is 0.372 e. The average Bonchev–Trinajstić information content (AvgIpc) is 2.65. The van der Waals surface area contributed by atoms with Gasteiger partial charge in [-0.15, -0.1) is 4.24 Å². The van der Waals surface area contributed by atoms with E-state index >= 15 is 0 Å². The summed E-state index contributed by atoms with van der Waals surface area (Å²) in [5, 5.41) is 10.7. The minimum Gasteiger partial charge on any atom is -0.459 e. The van der Waals surface area contributed by atoms with Crippen LogP contribution in [-0.4, -0.2) is 23.5 Å². The van der Waals surface area contributed by atoms with Crippen LogP contribution < -0.4 is 9.60 Å². The van der Waals surface area contributed by atoms with Gasteiger partial charge in [0, 0.05) is 5.56 Å². The molecule has 1 saturated carbocycles. The van der Waals surface area contributed by atoms with Crippen molar-refractivity contribution in [3.63, 3.8) is 0 Å². The lowest BCUT2D eigenvalue weighted by Gasteiger charge is -2.23. The lowest BCUT2D eigenvalue weighted by Crippen LogP contribution is -2.36. The minimum atomic E-state index is -2.94. The number of nitrogens with zero attached hydrogens (tertiary/aromatic N) is 4. The molecule has 2 aliphatic rings. The number of rotatable bonds is 3. The zero-order valence-corrected chi connectivity index (χ0v) is 16.3. The number of pyridine rings is 1. The molecule has 4 rings (SSSR count). The molecule has 1 aromatic carbocycles. The van der Waals surface area contributed by atoms with Crippen molar-refractivity contribution in [3.8, 4) is 5.88 Å². The van der Waals surface area contributed by atoms with Crippen molar-refractivity contribution in [2.75, 3.05) is 0 Å². The van der Waals surface area contributed by atoms with E-state index < -0.39 is 29.5 Å². The van der Waals surface area contributed by atoms with E-state index in [1.54, 1.807) is 20.0 Å². The molecule has 5 nitrogen and oxygen atoms in total. The third-order valence-electron chi connectivity index (χ3n) is 5.23. The number of aromatic hydroxyl groups is 1. The Balaban J connectivity index is 1.83. The van der Waals surface area contributed by atoms with Crippen molar-refractivity contribution in [3.05, 3.63) is 64.0 Å². The summed E-state index contributed by atoms with van der Waals surface area (Å²) in [6.45, 7) is 3.19. The van der Waals surface area contributed by atoms with E-state index in [-0.39, 0.29) is 30.1 Å². The first-order chi connectivity index (χ1) is 14.2. The molecule has 0 radical (unpaired) electrons. The topological polar surface area (TPSA) is 63.2 Å². The van der Waals surface area contributed by atoms with Crippen molar-refractivity contribution in [1.29, 1.82) is 0 Å². The number of halogens is 4. The number of amidine groups is 1. The number of fused-ring (bicyclic) bond motifs is 1. The molecule has 2 aromatic rings. The quantitative estimate of drug-likeness (QED) is 0.600. The lowest BCUT2D eigenvalue weighted by atomic mass is 9.92. The van der Waals surface area contributed by atoms with Gasteiger partial charge >= 0.3 is 5.88 Å². The fourth-order valence-corrected chi connectivity index (χ4v) is 3.53. The molecule has 9 heteroatoms. The molecular weight excluding hydrogens is 400 g/mol. The van der Waals surface area contributed by atoms with Gasteiger partial charge in [0.1, 0.15) is 23.9 Å². The molecule has 1 N–H and O–H groups in total. The van der Waals surface area contributed by atoms with Crippen LogP contribution in [0.3, 0.4) is 0 Å². The molecule has 30 heavy (non-hydrogen) atoms. The SMILES string of the molecule is CC(C)(N=C1N=CN=c2cc(O)[n+](=C3CC(F)C3)cc21)c1cccc(C(F)F)c1F. The van der Waals surface area contributed by atoms with Crippen LogP contribution in [0.5, 0.6) is 5.88 Å². The fraction of sp³-hybridized carbons (Fsp3) is 0.333. The summed E-state index contributed by atoms with van der Waals surface area (Å²) in [6, 6.07) is 5.23. The van der Waals surface area contributed by atoms with Crippen molar-refractivity contribution in [2.45, 2.75) is 44.8 Å². The van der Waals surface area contributed by atoms with Crippen molar-refractivity contribution in [1.82, 2.24) is 0 Å². The third-order valence-corrected chi connectivity index (χ3v) is 5.23. The molecule has 0 unspecified atom stereocenters. The third kappa shape index (κ3) is 3.48. The molecule has 0 amide bonds. The molecule has 1 aliphatic heterocycles. The predicted molar refractivity (Wildman–Crippen MR) is 102 cm³/mol. The summed E-state index contributed by atoms with van der Waals surface area (Å²) in [7, 11) is 0. The number of benzene rings is 1. The molecule has 2 heterocycles. The number of hydrogen-bond acceptors (Lipinski definition) is 3. The normalized spacial score (nSPS) is 19.6. The van der Waals surface area contributed by atoms with Gasteiger partial charge < -0.3 is 5.11 Å². The van der Waals surface area contributed by atoms with E-state index in [2.05, 4.69) is 15.0 Å². The molecule has 0 spiro atoms. The minimum absolute atomic E-state index is 0.00681. The largest absolute Gasteiger partial charge is 0.459 e. The van der Waals surface area contributed by atoms with Crippen LogP contribution in [0.1, 0.15) is 49.8 Å². The molecule has 156 valence electrons. The maximum absolute atomic E-state index is 14.7.